The van der Waals surface area contributed by atoms with Crippen molar-refractivity contribution in [1.29, 1.82) is 0 Å². The van der Waals surface area contributed by atoms with Gasteiger partial charge >= 0.3 is 5.97 Å². The molecule has 20 heavy (non-hydrogen) atoms. The van der Waals surface area contributed by atoms with Crippen LogP contribution in [0.3, 0.4) is 0 Å². The van der Waals surface area contributed by atoms with Crippen LogP contribution in [0.5, 0.6) is 0 Å². The molecule has 0 bridgehead atoms. The Labute approximate surface area is 118 Å². The second-order valence-electron chi connectivity index (χ2n) is 5.22. The minimum absolute atomic E-state index is 0.375. The van der Waals surface area contributed by atoms with Crippen LogP contribution in [-0.4, -0.2) is 39.3 Å². The van der Waals surface area contributed by atoms with Gasteiger partial charge in [-0.15, -0.1) is 0 Å². The highest BCUT2D eigenvalue weighted by Crippen LogP contribution is 2.19. The van der Waals surface area contributed by atoms with Gasteiger partial charge in [-0.05, 0) is 20.0 Å². The Morgan fingerprint density at radius 2 is 2.15 bits per heavy atom. The number of fused-ring (bicyclic) bond motifs is 1. The second kappa shape index (κ2) is 6.05. The summed E-state index contributed by atoms with van der Waals surface area (Å²) in [7, 11) is 1.93. The van der Waals surface area contributed by atoms with Gasteiger partial charge in [-0.25, -0.2) is 0 Å². The summed E-state index contributed by atoms with van der Waals surface area (Å²) in [5.41, 5.74) is 2.13. The average Bonchev–Trinajstić information content (AvgIpc) is 2.77. The highest BCUT2D eigenvalue weighted by atomic mass is 16.4. The molecule has 5 heteroatoms. The fourth-order valence-corrected chi connectivity index (χ4v) is 2.42. The van der Waals surface area contributed by atoms with Crippen molar-refractivity contribution in [2.24, 2.45) is 5.92 Å². The maximum absolute atomic E-state index is 10.9. The van der Waals surface area contributed by atoms with Crippen molar-refractivity contribution in [3.63, 3.8) is 0 Å². The third-order valence-corrected chi connectivity index (χ3v) is 3.46. The number of aliphatic carboxylic acids is 1. The summed E-state index contributed by atoms with van der Waals surface area (Å²) in [6, 6.07) is 8.15. The van der Waals surface area contributed by atoms with Gasteiger partial charge in [0.25, 0.3) is 0 Å². The van der Waals surface area contributed by atoms with E-state index < -0.39 is 5.97 Å². The molecule has 1 atom stereocenters. The van der Waals surface area contributed by atoms with Gasteiger partial charge in [0.05, 0.1) is 17.1 Å². The largest absolute Gasteiger partial charge is 0.481 e. The van der Waals surface area contributed by atoms with Gasteiger partial charge in [0.15, 0.2) is 0 Å². The van der Waals surface area contributed by atoms with Crippen LogP contribution in [0, 0.1) is 5.92 Å². The molecule has 108 valence electrons. The molecule has 0 radical (unpaired) electrons. The molecule has 2 rings (SSSR count). The smallest absolute Gasteiger partial charge is 0.307 e. The van der Waals surface area contributed by atoms with Gasteiger partial charge in [0, 0.05) is 25.0 Å². The Morgan fingerprint density at radius 1 is 1.45 bits per heavy atom. The third kappa shape index (κ3) is 2.99. The molecule has 0 aliphatic carbocycles. The van der Waals surface area contributed by atoms with Gasteiger partial charge in [0.2, 0.25) is 0 Å². The first kappa shape index (κ1) is 14.5. The van der Waals surface area contributed by atoms with E-state index in [-0.39, 0.29) is 5.92 Å². The second-order valence-corrected chi connectivity index (χ2v) is 5.22. The lowest BCUT2D eigenvalue weighted by molar-refractivity contribution is -0.141. The first-order valence-electron chi connectivity index (χ1n) is 6.88. The average molecular weight is 275 g/mol. The van der Waals surface area contributed by atoms with Crippen LogP contribution in [-0.2, 0) is 17.9 Å². The van der Waals surface area contributed by atoms with E-state index in [4.69, 9.17) is 5.11 Å². The van der Waals surface area contributed by atoms with Crippen molar-refractivity contribution in [3.05, 3.63) is 30.0 Å². The van der Waals surface area contributed by atoms with Crippen molar-refractivity contribution in [3.8, 4) is 0 Å². The summed E-state index contributed by atoms with van der Waals surface area (Å²) < 4.78 is 1.99. The minimum atomic E-state index is -0.763. The van der Waals surface area contributed by atoms with Gasteiger partial charge in [0.1, 0.15) is 0 Å². The van der Waals surface area contributed by atoms with Gasteiger partial charge < -0.3 is 5.11 Å². The lowest BCUT2D eigenvalue weighted by atomic mass is 10.1. The fourth-order valence-electron chi connectivity index (χ4n) is 2.42. The predicted molar refractivity (Wildman–Crippen MR) is 78.5 cm³/mol. The van der Waals surface area contributed by atoms with Crippen LogP contribution in [0.15, 0.2) is 24.3 Å². The fraction of sp³-hybridized carbons (Fsp3) is 0.467. The van der Waals surface area contributed by atoms with E-state index in [2.05, 4.69) is 24.2 Å². The van der Waals surface area contributed by atoms with Crippen LogP contribution >= 0.6 is 0 Å². The number of benzene rings is 1. The monoisotopic (exact) mass is 275 g/mol. The molecule has 1 unspecified atom stereocenters. The highest BCUT2D eigenvalue weighted by molar-refractivity contribution is 5.81. The summed E-state index contributed by atoms with van der Waals surface area (Å²) >= 11 is 0. The van der Waals surface area contributed by atoms with Crippen LogP contribution < -0.4 is 0 Å². The quantitative estimate of drug-likeness (QED) is 0.878. The molecule has 0 saturated carbocycles. The number of nitrogens with zero attached hydrogens (tertiary/aromatic N) is 3. The molecular weight excluding hydrogens is 254 g/mol. The molecule has 1 aromatic carbocycles. The summed E-state index contributed by atoms with van der Waals surface area (Å²) in [6.45, 7) is 5.80. The van der Waals surface area contributed by atoms with Crippen LogP contribution in [0.4, 0.5) is 0 Å². The first-order chi connectivity index (χ1) is 9.52. The zero-order chi connectivity index (χ0) is 14.7. The zero-order valence-corrected chi connectivity index (χ0v) is 12.2. The molecule has 0 aliphatic rings. The molecule has 0 amide bonds. The highest BCUT2D eigenvalue weighted by Gasteiger charge is 2.16. The zero-order valence-electron chi connectivity index (χ0n) is 12.2. The molecule has 5 nitrogen and oxygen atoms in total. The number of hydrogen-bond donors (Lipinski definition) is 1. The van der Waals surface area contributed by atoms with Crippen molar-refractivity contribution in [2.45, 2.75) is 26.9 Å². The summed E-state index contributed by atoms with van der Waals surface area (Å²) in [4.78, 5) is 12.9. The number of para-hydroxylation sites is 1. The normalized spacial score (nSPS) is 13.0. The maximum Gasteiger partial charge on any atom is 0.307 e. The number of aryl methyl sites for hydroxylation is 1. The van der Waals surface area contributed by atoms with E-state index in [1.807, 2.05) is 28.8 Å². The van der Waals surface area contributed by atoms with Crippen LogP contribution in [0.1, 0.15) is 19.5 Å². The molecule has 0 aliphatic heterocycles. The number of carbonyl (C=O) groups is 1. The molecule has 1 aromatic heterocycles. The number of hydrogen-bond acceptors (Lipinski definition) is 3. The maximum atomic E-state index is 10.9. The number of rotatable bonds is 6. The Kier molecular flexibility index (Phi) is 4.39. The lowest BCUT2D eigenvalue weighted by Crippen LogP contribution is -2.28. The Balaban J connectivity index is 2.19. The topological polar surface area (TPSA) is 58.4 Å². The number of carboxylic acids is 1. The van der Waals surface area contributed by atoms with Crippen molar-refractivity contribution in [2.75, 3.05) is 13.6 Å². The summed E-state index contributed by atoms with van der Waals surface area (Å²) in [5.74, 6) is -1.14. The Morgan fingerprint density at radius 3 is 2.80 bits per heavy atom. The van der Waals surface area contributed by atoms with E-state index in [1.165, 1.54) is 0 Å². The van der Waals surface area contributed by atoms with Crippen molar-refractivity contribution < 1.29 is 9.90 Å². The van der Waals surface area contributed by atoms with E-state index in [0.717, 1.165) is 23.1 Å². The summed E-state index contributed by atoms with van der Waals surface area (Å²) in [5, 5.41) is 14.7. The van der Waals surface area contributed by atoms with Crippen LogP contribution in [0.25, 0.3) is 10.9 Å². The standard InChI is InChI=1S/C15H21N3O2/c1-4-18-14-8-6-5-7-12(14)13(16-18)10-17(3)9-11(2)15(19)20/h5-8,11H,4,9-10H2,1-3H3,(H,19,20). The molecule has 0 saturated heterocycles. The SMILES string of the molecule is CCn1nc(CN(C)CC(C)C(=O)O)c2ccccc21. The van der Waals surface area contributed by atoms with E-state index in [9.17, 15) is 4.79 Å². The third-order valence-electron chi connectivity index (χ3n) is 3.46. The lowest BCUT2D eigenvalue weighted by Gasteiger charge is -2.17. The molecule has 0 fully saturated rings. The van der Waals surface area contributed by atoms with Gasteiger partial charge in [-0.3, -0.25) is 14.4 Å². The van der Waals surface area contributed by atoms with E-state index in [1.54, 1.807) is 6.92 Å². The summed E-state index contributed by atoms with van der Waals surface area (Å²) in [6.07, 6.45) is 0. The first-order valence-corrected chi connectivity index (χ1v) is 6.88. The Hall–Kier alpha value is -1.88. The molecule has 0 spiro atoms. The Bertz CT molecular complexity index is 606. The van der Waals surface area contributed by atoms with E-state index in [0.29, 0.717) is 13.1 Å². The van der Waals surface area contributed by atoms with Crippen molar-refractivity contribution >= 4 is 16.9 Å². The van der Waals surface area contributed by atoms with Gasteiger partial charge in [-0.1, -0.05) is 25.1 Å². The number of carboxylic acid groups (broad SMARTS) is 1. The van der Waals surface area contributed by atoms with Crippen LogP contribution in [0.2, 0.25) is 0 Å². The van der Waals surface area contributed by atoms with Gasteiger partial charge in [-0.2, -0.15) is 5.10 Å². The predicted octanol–water partition coefficient (Wildman–Crippen LogP) is 2.21. The number of aromatic nitrogens is 2. The molecule has 1 heterocycles. The molecule has 2 aromatic rings. The minimum Gasteiger partial charge on any atom is -0.481 e. The molecule has 1 N–H and O–H groups in total. The molecular formula is C15H21N3O2. The van der Waals surface area contributed by atoms with E-state index >= 15 is 0 Å². The van der Waals surface area contributed by atoms with Crippen molar-refractivity contribution in [1.82, 2.24) is 14.7 Å².